The Morgan fingerprint density at radius 3 is 1.06 bits per heavy atom. The van der Waals surface area contributed by atoms with Crippen LogP contribution in [0.3, 0.4) is 0 Å². The fourth-order valence-electron chi connectivity index (χ4n) is 2.70. The molecule has 0 aliphatic carbocycles. The van der Waals surface area contributed by atoms with Gasteiger partial charge in [0.05, 0.1) is 11.4 Å². The molecule has 6 N–H and O–H groups in total. The van der Waals surface area contributed by atoms with Gasteiger partial charge in [-0.2, -0.15) is 52.7 Å². The first-order valence-corrected chi connectivity index (χ1v) is 9.18. The highest BCUT2D eigenvalue weighted by Crippen LogP contribution is 2.55. The first kappa shape index (κ1) is 28.8. The molecule has 0 bridgehead atoms. The number of allylic oxidation sites excluding steroid dienone is 2. The summed E-state index contributed by atoms with van der Waals surface area (Å²) in [6, 6.07) is 0.689. The van der Waals surface area contributed by atoms with Crippen LogP contribution in [0.25, 0.3) is 0 Å². The quantitative estimate of drug-likeness (QED) is 0.138. The van der Waals surface area contributed by atoms with E-state index < -0.39 is 81.7 Å². The predicted octanol–water partition coefficient (Wildman–Crippen LogP) is 6.24. The summed E-state index contributed by atoms with van der Waals surface area (Å²) in [6.45, 7) is 0. The third-order valence-corrected chi connectivity index (χ3v) is 4.91. The van der Waals surface area contributed by atoms with Gasteiger partial charge in [-0.15, -0.1) is 0 Å². The number of alkyl halides is 12. The fourth-order valence-corrected chi connectivity index (χ4v) is 2.70. The maximum atomic E-state index is 14.2. The van der Waals surface area contributed by atoms with Crippen molar-refractivity contribution in [3.05, 3.63) is 59.7 Å². The van der Waals surface area contributed by atoms with E-state index in [1.54, 1.807) is 0 Å². The van der Waals surface area contributed by atoms with Gasteiger partial charge in [0.25, 0.3) is 0 Å². The lowest BCUT2D eigenvalue weighted by atomic mass is 9.94. The molecule has 36 heavy (non-hydrogen) atoms. The third-order valence-electron chi connectivity index (χ3n) is 4.91. The van der Waals surface area contributed by atoms with Crippen molar-refractivity contribution in [2.75, 3.05) is 11.5 Å². The van der Waals surface area contributed by atoms with Gasteiger partial charge in [-0.3, -0.25) is 0 Å². The van der Waals surface area contributed by atoms with Crippen molar-refractivity contribution in [2.45, 2.75) is 35.5 Å². The van der Waals surface area contributed by atoms with Crippen LogP contribution in [-0.4, -0.2) is 33.9 Å². The normalized spacial score (nSPS) is 14.4. The number of halogens is 12. The van der Waals surface area contributed by atoms with E-state index in [2.05, 4.69) is 0 Å². The summed E-state index contributed by atoms with van der Waals surface area (Å²) < 4.78 is 169. The molecule has 2 aromatic rings. The maximum absolute atomic E-state index is 14.2. The molecule has 0 unspecified atom stereocenters. The summed E-state index contributed by atoms with van der Waals surface area (Å²) in [7, 11) is 0. The lowest BCUT2D eigenvalue weighted by molar-refractivity contribution is -0.304. The van der Waals surface area contributed by atoms with E-state index in [9.17, 15) is 52.7 Å². The number of nitrogen functional groups attached to an aromatic ring is 2. The molecular formula is C20H14F12N2O2. The van der Waals surface area contributed by atoms with Gasteiger partial charge >= 0.3 is 35.5 Å². The highest BCUT2D eigenvalue weighted by atomic mass is 19.4. The van der Waals surface area contributed by atoms with Crippen LogP contribution >= 0.6 is 0 Å². The first-order chi connectivity index (χ1) is 16.0. The minimum atomic E-state index is -6.58. The van der Waals surface area contributed by atoms with E-state index in [4.69, 9.17) is 21.7 Å². The number of benzene rings is 2. The molecule has 4 nitrogen and oxygen atoms in total. The molecule has 2 rings (SSSR count). The number of rotatable bonds is 8. The Kier molecular flexibility index (Phi) is 6.86. The zero-order valence-corrected chi connectivity index (χ0v) is 17.2. The van der Waals surface area contributed by atoms with Crippen molar-refractivity contribution in [1.29, 1.82) is 0 Å². The molecule has 0 spiro atoms. The molecule has 2 aromatic carbocycles. The van der Waals surface area contributed by atoms with Gasteiger partial charge in [-0.05, 0) is 48.6 Å². The Bertz CT molecular complexity index is 1080. The van der Waals surface area contributed by atoms with E-state index in [1.165, 1.54) is 0 Å². The SMILES string of the molecule is Nc1cc(C(F)(F)C(F)(F)C(F)(F)/C=C/C(F)(F)C(F)(F)C(F)(F)c2ccc(O)c(N)c2)ccc1O. The molecular weight excluding hydrogens is 528 g/mol. The third kappa shape index (κ3) is 4.43. The Morgan fingerprint density at radius 1 is 0.528 bits per heavy atom. The Labute approximate surface area is 193 Å². The van der Waals surface area contributed by atoms with Gasteiger partial charge in [-0.25, -0.2) is 0 Å². The van der Waals surface area contributed by atoms with Gasteiger partial charge in [0.2, 0.25) is 0 Å². The van der Waals surface area contributed by atoms with Crippen molar-refractivity contribution in [1.82, 2.24) is 0 Å². The topological polar surface area (TPSA) is 92.5 Å². The van der Waals surface area contributed by atoms with Crippen LogP contribution in [0, 0.1) is 0 Å². The lowest BCUT2D eigenvalue weighted by Gasteiger charge is -2.33. The second kappa shape index (κ2) is 8.58. The molecule has 0 aromatic heterocycles. The van der Waals surface area contributed by atoms with Crippen LogP contribution in [0.1, 0.15) is 11.1 Å². The molecule has 0 saturated carbocycles. The second-order valence-corrected chi connectivity index (χ2v) is 7.42. The van der Waals surface area contributed by atoms with Crippen LogP contribution in [0.5, 0.6) is 11.5 Å². The molecule has 0 atom stereocenters. The molecule has 16 heteroatoms. The maximum Gasteiger partial charge on any atom is 0.380 e. The van der Waals surface area contributed by atoms with Crippen LogP contribution < -0.4 is 11.5 Å². The van der Waals surface area contributed by atoms with Crippen LogP contribution in [0.2, 0.25) is 0 Å². The molecule has 0 saturated heterocycles. The van der Waals surface area contributed by atoms with Crippen molar-refractivity contribution in [2.24, 2.45) is 0 Å². The minimum Gasteiger partial charge on any atom is -0.506 e. The monoisotopic (exact) mass is 542 g/mol. The number of phenols is 2. The van der Waals surface area contributed by atoms with E-state index in [1.807, 2.05) is 0 Å². The largest absolute Gasteiger partial charge is 0.506 e. The molecule has 0 amide bonds. The molecule has 200 valence electrons. The number of hydrogen-bond donors (Lipinski definition) is 4. The Hall–Kier alpha value is -3.46. The lowest BCUT2D eigenvalue weighted by Crippen LogP contribution is -2.53. The van der Waals surface area contributed by atoms with Crippen LogP contribution in [-0.2, 0) is 11.8 Å². The summed E-state index contributed by atoms with van der Waals surface area (Å²) in [5, 5.41) is 18.3. The van der Waals surface area contributed by atoms with Crippen molar-refractivity contribution < 1.29 is 62.9 Å². The average molecular weight is 542 g/mol. The number of anilines is 2. The summed E-state index contributed by atoms with van der Waals surface area (Å²) in [5.74, 6) is -39.3. The van der Waals surface area contributed by atoms with Gasteiger partial charge in [0.1, 0.15) is 11.5 Å². The minimum absolute atomic E-state index is 0.0320. The van der Waals surface area contributed by atoms with Crippen molar-refractivity contribution in [3.63, 3.8) is 0 Å². The molecule has 0 fully saturated rings. The van der Waals surface area contributed by atoms with Crippen molar-refractivity contribution in [3.8, 4) is 11.5 Å². The number of hydrogen-bond acceptors (Lipinski definition) is 4. The number of phenolic OH excluding ortho intramolecular Hbond substituents is 2. The van der Waals surface area contributed by atoms with Gasteiger partial charge in [0, 0.05) is 11.1 Å². The van der Waals surface area contributed by atoms with Gasteiger partial charge < -0.3 is 21.7 Å². The predicted molar refractivity (Wildman–Crippen MR) is 102 cm³/mol. The second-order valence-electron chi connectivity index (χ2n) is 7.42. The van der Waals surface area contributed by atoms with Crippen LogP contribution in [0.4, 0.5) is 64.1 Å². The highest BCUT2D eigenvalue weighted by molar-refractivity contribution is 5.55. The van der Waals surface area contributed by atoms with Crippen molar-refractivity contribution >= 4 is 11.4 Å². The van der Waals surface area contributed by atoms with Gasteiger partial charge in [-0.1, -0.05) is 0 Å². The molecule has 0 radical (unpaired) electrons. The van der Waals surface area contributed by atoms with Gasteiger partial charge in [0.15, 0.2) is 0 Å². The number of nitrogens with two attached hydrogens (primary N) is 2. The number of aromatic hydroxyl groups is 2. The van der Waals surface area contributed by atoms with E-state index in [0.717, 1.165) is 0 Å². The van der Waals surface area contributed by atoms with E-state index in [-0.39, 0.29) is 24.3 Å². The molecule has 0 aliphatic rings. The zero-order valence-electron chi connectivity index (χ0n) is 17.2. The Morgan fingerprint density at radius 2 is 0.806 bits per heavy atom. The van der Waals surface area contributed by atoms with Crippen LogP contribution in [0.15, 0.2) is 48.6 Å². The van der Waals surface area contributed by atoms with E-state index >= 15 is 0 Å². The highest BCUT2D eigenvalue weighted by Gasteiger charge is 2.73. The fraction of sp³-hybridized carbons (Fsp3) is 0.300. The standard InChI is InChI=1S/C20H14F12N2O2/c21-15(22,19(29,30)17(25,26)9-1-3-13(35)11(33)7-9)5-6-16(23,24)20(31,32)18(27,28)10-2-4-14(36)12(34)8-10/h1-8,35-36H,33-34H2/b6-5+. The van der Waals surface area contributed by atoms with E-state index in [0.29, 0.717) is 12.1 Å². The summed E-state index contributed by atoms with van der Waals surface area (Å²) in [6.07, 6.45) is -3.50. The summed E-state index contributed by atoms with van der Waals surface area (Å²) in [5.41, 5.74) is 4.34. The molecule has 0 aliphatic heterocycles. The summed E-state index contributed by atoms with van der Waals surface area (Å²) in [4.78, 5) is 0. The molecule has 0 heterocycles. The Balaban J connectivity index is 2.47. The smallest absolute Gasteiger partial charge is 0.380 e. The zero-order chi connectivity index (χ0) is 28.1. The summed E-state index contributed by atoms with van der Waals surface area (Å²) >= 11 is 0. The average Bonchev–Trinajstić information content (AvgIpc) is 2.75. The first-order valence-electron chi connectivity index (χ1n) is 9.18.